The van der Waals surface area contributed by atoms with Gasteiger partial charge in [0.1, 0.15) is 18.0 Å². The second-order valence-corrected chi connectivity index (χ2v) is 6.88. The highest BCUT2D eigenvalue weighted by molar-refractivity contribution is 5.82. The van der Waals surface area contributed by atoms with Crippen LogP contribution in [-0.4, -0.2) is 61.7 Å². The summed E-state index contributed by atoms with van der Waals surface area (Å²) in [6, 6.07) is 5.80. The number of anilines is 2. The first-order chi connectivity index (χ1) is 13.4. The van der Waals surface area contributed by atoms with Crippen LogP contribution in [0.2, 0.25) is 0 Å². The van der Waals surface area contributed by atoms with E-state index in [1.54, 1.807) is 19.1 Å². The van der Waals surface area contributed by atoms with Gasteiger partial charge in [-0.05, 0) is 25.5 Å². The third kappa shape index (κ3) is 3.95. The lowest BCUT2D eigenvalue weighted by atomic mass is 10.0. The summed E-state index contributed by atoms with van der Waals surface area (Å²) in [5, 5.41) is 3.42. The maximum Gasteiger partial charge on any atom is 0.241 e. The van der Waals surface area contributed by atoms with Gasteiger partial charge < -0.3 is 24.6 Å². The van der Waals surface area contributed by atoms with Gasteiger partial charge in [-0.2, -0.15) is 0 Å². The van der Waals surface area contributed by atoms with Gasteiger partial charge in [-0.1, -0.05) is 6.07 Å². The minimum atomic E-state index is -0.00308. The summed E-state index contributed by atoms with van der Waals surface area (Å²) in [5.41, 5.74) is 2.10. The van der Waals surface area contributed by atoms with Crippen molar-refractivity contribution >= 4 is 17.5 Å². The summed E-state index contributed by atoms with van der Waals surface area (Å²) < 4.78 is 10.9. The number of hydrogen-bond donors (Lipinski definition) is 1. The summed E-state index contributed by atoms with van der Waals surface area (Å²) in [6.07, 6.45) is 1.52. The van der Waals surface area contributed by atoms with E-state index in [0.29, 0.717) is 24.7 Å². The molecule has 1 aromatic heterocycles. The van der Waals surface area contributed by atoms with Gasteiger partial charge in [0.2, 0.25) is 5.91 Å². The van der Waals surface area contributed by atoms with Crippen molar-refractivity contribution in [3.63, 3.8) is 0 Å². The highest BCUT2D eigenvalue weighted by Gasteiger charge is 2.22. The van der Waals surface area contributed by atoms with E-state index < -0.39 is 0 Å². The van der Waals surface area contributed by atoms with Crippen molar-refractivity contribution in [2.75, 3.05) is 51.1 Å². The van der Waals surface area contributed by atoms with Gasteiger partial charge >= 0.3 is 0 Å². The van der Waals surface area contributed by atoms with Gasteiger partial charge in [0.05, 0.1) is 26.8 Å². The highest BCUT2D eigenvalue weighted by Crippen LogP contribution is 2.36. The topological polar surface area (TPSA) is 79.8 Å². The zero-order valence-electron chi connectivity index (χ0n) is 17.0. The van der Waals surface area contributed by atoms with Gasteiger partial charge in [0, 0.05) is 31.8 Å². The molecule has 1 unspecified atom stereocenters. The Morgan fingerprint density at radius 3 is 2.64 bits per heavy atom. The molecule has 1 amide bonds. The zero-order chi connectivity index (χ0) is 20.3. The molecule has 150 valence electrons. The maximum atomic E-state index is 12.0. The van der Waals surface area contributed by atoms with Crippen LogP contribution in [0.4, 0.5) is 11.6 Å². The summed E-state index contributed by atoms with van der Waals surface area (Å²) in [7, 11) is 5.09. The Hall–Kier alpha value is -3.03. The van der Waals surface area contributed by atoms with Crippen LogP contribution in [-0.2, 0) is 4.79 Å². The van der Waals surface area contributed by atoms with Crippen LogP contribution in [0.1, 0.15) is 24.1 Å². The smallest absolute Gasteiger partial charge is 0.241 e. The van der Waals surface area contributed by atoms with E-state index in [9.17, 15) is 4.79 Å². The van der Waals surface area contributed by atoms with E-state index in [0.717, 1.165) is 29.2 Å². The molecule has 0 saturated carbocycles. The molecule has 0 aliphatic carbocycles. The first-order valence-electron chi connectivity index (χ1n) is 9.23. The van der Waals surface area contributed by atoms with E-state index in [1.165, 1.54) is 6.33 Å². The van der Waals surface area contributed by atoms with Crippen LogP contribution in [0.25, 0.3) is 0 Å². The third-order valence-corrected chi connectivity index (χ3v) is 5.10. The van der Waals surface area contributed by atoms with Crippen LogP contribution in [0.3, 0.4) is 0 Å². The van der Waals surface area contributed by atoms with Crippen LogP contribution in [0.15, 0.2) is 24.5 Å². The number of rotatable bonds is 6. The first-order valence-corrected chi connectivity index (χ1v) is 9.23. The lowest BCUT2D eigenvalue weighted by molar-refractivity contribution is -0.129. The average Bonchev–Trinajstić information content (AvgIpc) is 2.69. The molecule has 1 fully saturated rings. The van der Waals surface area contributed by atoms with E-state index in [2.05, 4.69) is 22.2 Å². The number of aromatic nitrogens is 2. The van der Waals surface area contributed by atoms with E-state index in [1.807, 2.05) is 37.1 Å². The van der Waals surface area contributed by atoms with Gasteiger partial charge in [-0.3, -0.25) is 4.79 Å². The number of ether oxygens (including phenoxy) is 2. The van der Waals surface area contributed by atoms with Crippen molar-refractivity contribution in [1.29, 1.82) is 0 Å². The maximum absolute atomic E-state index is 12.0. The number of likely N-dealkylation sites (N-methyl/N-ethyl adjacent to an activating group) is 1. The average molecular weight is 385 g/mol. The molecule has 1 saturated heterocycles. The minimum absolute atomic E-state index is 0.00308. The second kappa shape index (κ2) is 8.33. The summed E-state index contributed by atoms with van der Waals surface area (Å²) in [6.45, 7) is 5.85. The molecule has 1 atom stereocenters. The molecule has 28 heavy (non-hydrogen) atoms. The van der Waals surface area contributed by atoms with E-state index in [4.69, 9.17) is 9.47 Å². The van der Waals surface area contributed by atoms with E-state index >= 15 is 0 Å². The number of hydrogen-bond acceptors (Lipinski definition) is 7. The van der Waals surface area contributed by atoms with Gasteiger partial charge in [0.15, 0.2) is 11.5 Å². The lowest BCUT2D eigenvalue weighted by Gasteiger charge is -2.32. The summed E-state index contributed by atoms with van der Waals surface area (Å²) in [5.74, 6) is 2.98. The normalized spacial score (nSPS) is 15.4. The SMILES string of the molecule is COc1ccc(C(C)Nc2cc(N3CCN(C)C(=O)C3)ncn2)c(C)c1OC. The fourth-order valence-corrected chi connectivity index (χ4v) is 3.42. The summed E-state index contributed by atoms with van der Waals surface area (Å²) >= 11 is 0. The lowest BCUT2D eigenvalue weighted by Crippen LogP contribution is -2.48. The molecule has 1 aromatic carbocycles. The number of nitrogens with zero attached hydrogens (tertiary/aromatic N) is 4. The number of nitrogens with one attached hydrogen (secondary N) is 1. The molecular formula is C20H27N5O3. The Morgan fingerprint density at radius 1 is 1.18 bits per heavy atom. The monoisotopic (exact) mass is 385 g/mol. The molecule has 8 nitrogen and oxygen atoms in total. The number of carbonyl (C=O) groups is 1. The van der Waals surface area contributed by atoms with Crippen molar-refractivity contribution < 1.29 is 14.3 Å². The van der Waals surface area contributed by atoms with Gasteiger partial charge in [-0.25, -0.2) is 9.97 Å². The second-order valence-electron chi connectivity index (χ2n) is 6.88. The molecule has 1 N–H and O–H groups in total. The minimum Gasteiger partial charge on any atom is -0.493 e. The predicted octanol–water partition coefficient (Wildman–Crippen LogP) is 2.25. The van der Waals surface area contributed by atoms with Gasteiger partial charge in [-0.15, -0.1) is 0 Å². The molecule has 1 aliphatic heterocycles. The Kier molecular flexibility index (Phi) is 5.87. The Labute approximate surface area is 165 Å². The third-order valence-electron chi connectivity index (χ3n) is 5.10. The van der Waals surface area contributed by atoms with E-state index in [-0.39, 0.29) is 11.9 Å². The molecule has 3 rings (SSSR count). The largest absolute Gasteiger partial charge is 0.493 e. The first kappa shape index (κ1) is 19.7. The highest BCUT2D eigenvalue weighted by atomic mass is 16.5. The van der Waals surface area contributed by atoms with Crippen molar-refractivity contribution in [3.8, 4) is 11.5 Å². The van der Waals surface area contributed by atoms with Crippen molar-refractivity contribution in [3.05, 3.63) is 35.7 Å². The molecule has 2 heterocycles. The Balaban J connectivity index is 1.78. The fourth-order valence-electron chi connectivity index (χ4n) is 3.42. The molecule has 2 aromatic rings. The van der Waals surface area contributed by atoms with Crippen molar-refractivity contribution in [2.45, 2.75) is 19.9 Å². The van der Waals surface area contributed by atoms with Crippen LogP contribution in [0, 0.1) is 6.92 Å². The number of piperazine rings is 1. The van der Waals surface area contributed by atoms with Crippen molar-refractivity contribution in [1.82, 2.24) is 14.9 Å². The Morgan fingerprint density at radius 2 is 1.96 bits per heavy atom. The zero-order valence-corrected chi connectivity index (χ0v) is 17.0. The number of methoxy groups -OCH3 is 2. The standard InChI is InChI=1S/C20H27N5O3/c1-13-15(6-7-16(27-4)20(13)28-5)14(2)23-17-10-18(22-12-21-17)25-9-8-24(3)19(26)11-25/h6-7,10,12,14H,8-9,11H2,1-5H3,(H,21,22,23). The number of carbonyl (C=O) groups excluding carboxylic acids is 1. The Bertz CT molecular complexity index is 858. The van der Waals surface area contributed by atoms with Crippen LogP contribution >= 0.6 is 0 Å². The molecular weight excluding hydrogens is 358 g/mol. The fraction of sp³-hybridized carbons (Fsp3) is 0.450. The van der Waals surface area contributed by atoms with Crippen LogP contribution < -0.4 is 19.7 Å². The number of benzene rings is 1. The quantitative estimate of drug-likeness (QED) is 0.817. The van der Waals surface area contributed by atoms with Crippen LogP contribution in [0.5, 0.6) is 11.5 Å². The van der Waals surface area contributed by atoms with Crippen molar-refractivity contribution in [2.24, 2.45) is 0 Å². The van der Waals surface area contributed by atoms with Gasteiger partial charge in [0.25, 0.3) is 0 Å². The summed E-state index contributed by atoms with van der Waals surface area (Å²) in [4.78, 5) is 24.4. The predicted molar refractivity (Wildman–Crippen MR) is 108 cm³/mol. The molecule has 0 spiro atoms. The molecule has 8 heteroatoms. The molecule has 1 aliphatic rings. The molecule has 0 bridgehead atoms. The number of amides is 1. The molecule has 0 radical (unpaired) electrons.